The smallest absolute Gasteiger partial charge is 0.0212 e. The Morgan fingerprint density at radius 1 is 1.18 bits per heavy atom. The Kier molecular flexibility index (Phi) is 5.51. The van der Waals surface area contributed by atoms with Crippen molar-refractivity contribution in [3.05, 3.63) is 0 Å². The fourth-order valence-electron chi connectivity index (χ4n) is 1.11. The van der Waals surface area contributed by atoms with E-state index in [1.807, 2.05) is 0 Å². The van der Waals surface area contributed by atoms with Gasteiger partial charge in [-0.3, -0.25) is 0 Å². The highest BCUT2D eigenvalue weighted by atomic mass is 15.1. The zero-order valence-corrected chi connectivity index (χ0v) is 8.30. The first-order valence-electron chi connectivity index (χ1n) is 4.44. The van der Waals surface area contributed by atoms with Crippen LogP contribution in [0.4, 0.5) is 0 Å². The zero-order valence-electron chi connectivity index (χ0n) is 8.30. The SMILES string of the molecule is CC(C)CCC(CN)N(C)C. The molecule has 0 aromatic heterocycles. The fraction of sp³-hybridized carbons (Fsp3) is 1.00. The number of nitrogens with zero attached hydrogens (tertiary/aromatic N) is 1. The van der Waals surface area contributed by atoms with E-state index in [0.29, 0.717) is 6.04 Å². The highest BCUT2D eigenvalue weighted by Gasteiger charge is 2.08. The maximum Gasteiger partial charge on any atom is 0.0212 e. The molecule has 1 atom stereocenters. The van der Waals surface area contributed by atoms with Crippen LogP contribution in [0.25, 0.3) is 0 Å². The summed E-state index contributed by atoms with van der Waals surface area (Å²) >= 11 is 0. The van der Waals surface area contributed by atoms with Gasteiger partial charge in [-0.05, 0) is 32.9 Å². The maximum atomic E-state index is 5.62. The van der Waals surface area contributed by atoms with Gasteiger partial charge < -0.3 is 10.6 Å². The molecule has 0 aromatic rings. The summed E-state index contributed by atoms with van der Waals surface area (Å²) in [6.45, 7) is 5.28. The molecule has 11 heavy (non-hydrogen) atoms. The van der Waals surface area contributed by atoms with Crippen LogP contribution in [0.15, 0.2) is 0 Å². The Bertz CT molecular complexity index is 89.6. The van der Waals surface area contributed by atoms with Crippen molar-refractivity contribution in [2.45, 2.75) is 32.7 Å². The third-order valence-corrected chi connectivity index (χ3v) is 2.08. The first-order chi connectivity index (χ1) is 5.07. The van der Waals surface area contributed by atoms with Crippen LogP contribution >= 0.6 is 0 Å². The Hall–Kier alpha value is -0.0800. The average Bonchev–Trinajstić information content (AvgIpc) is 1.87. The van der Waals surface area contributed by atoms with Gasteiger partial charge in [-0.2, -0.15) is 0 Å². The Morgan fingerprint density at radius 3 is 2.00 bits per heavy atom. The van der Waals surface area contributed by atoms with Crippen molar-refractivity contribution in [2.75, 3.05) is 20.6 Å². The van der Waals surface area contributed by atoms with Crippen molar-refractivity contribution in [1.82, 2.24) is 4.90 Å². The Labute approximate surface area is 70.8 Å². The molecular weight excluding hydrogens is 136 g/mol. The zero-order chi connectivity index (χ0) is 8.85. The predicted octanol–water partition coefficient (Wildman–Crippen LogP) is 1.31. The number of hydrogen-bond acceptors (Lipinski definition) is 2. The summed E-state index contributed by atoms with van der Waals surface area (Å²) in [6, 6.07) is 0.567. The van der Waals surface area contributed by atoms with Gasteiger partial charge in [0, 0.05) is 12.6 Å². The topological polar surface area (TPSA) is 29.3 Å². The van der Waals surface area contributed by atoms with Gasteiger partial charge in [0.05, 0.1) is 0 Å². The molecule has 2 heteroatoms. The van der Waals surface area contributed by atoms with Crippen LogP contribution in [0.3, 0.4) is 0 Å². The van der Waals surface area contributed by atoms with Crippen molar-refractivity contribution in [3.8, 4) is 0 Å². The summed E-state index contributed by atoms with van der Waals surface area (Å²) in [7, 11) is 4.19. The standard InChI is InChI=1S/C9H22N2/c1-8(2)5-6-9(7-10)11(3)4/h8-9H,5-7,10H2,1-4H3. The number of hydrogen-bond donors (Lipinski definition) is 1. The molecule has 68 valence electrons. The van der Waals surface area contributed by atoms with Gasteiger partial charge in [0.2, 0.25) is 0 Å². The van der Waals surface area contributed by atoms with E-state index in [2.05, 4.69) is 32.8 Å². The second kappa shape index (κ2) is 5.56. The van der Waals surface area contributed by atoms with Gasteiger partial charge >= 0.3 is 0 Å². The second-order valence-electron chi connectivity index (χ2n) is 3.82. The molecular formula is C9H22N2. The first-order valence-corrected chi connectivity index (χ1v) is 4.44. The molecule has 0 heterocycles. The van der Waals surface area contributed by atoms with Gasteiger partial charge in [-0.1, -0.05) is 13.8 Å². The second-order valence-corrected chi connectivity index (χ2v) is 3.82. The first kappa shape index (κ1) is 10.9. The monoisotopic (exact) mass is 158 g/mol. The lowest BCUT2D eigenvalue weighted by Gasteiger charge is -2.23. The molecule has 0 aliphatic heterocycles. The average molecular weight is 158 g/mol. The molecule has 0 aliphatic rings. The quantitative estimate of drug-likeness (QED) is 0.653. The molecule has 0 fully saturated rings. The summed E-state index contributed by atoms with van der Waals surface area (Å²) in [4.78, 5) is 2.21. The van der Waals surface area contributed by atoms with Crippen molar-refractivity contribution in [2.24, 2.45) is 11.7 Å². The van der Waals surface area contributed by atoms with Crippen LogP contribution in [0, 0.1) is 5.92 Å². The molecule has 0 amide bonds. The number of likely N-dealkylation sites (N-methyl/N-ethyl adjacent to an activating group) is 1. The number of nitrogens with two attached hydrogens (primary N) is 1. The third-order valence-electron chi connectivity index (χ3n) is 2.08. The molecule has 0 rings (SSSR count). The van der Waals surface area contributed by atoms with Crippen LogP contribution in [0.5, 0.6) is 0 Å². The van der Waals surface area contributed by atoms with E-state index in [-0.39, 0.29) is 0 Å². The molecule has 1 unspecified atom stereocenters. The highest BCUT2D eigenvalue weighted by Crippen LogP contribution is 2.08. The molecule has 2 nitrogen and oxygen atoms in total. The van der Waals surface area contributed by atoms with Crippen LogP contribution in [0.1, 0.15) is 26.7 Å². The van der Waals surface area contributed by atoms with E-state index in [1.165, 1.54) is 12.8 Å². The predicted molar refractivity (Wildman–Crippen MR) is 50.6 cm³/mol. The van der Waals surface area contributed by atoms with Crippen LogP contribution in [0.2, 0.25) is 0 Å². The molecule has 0 saturated carbocycles. The molecule has 2 N–H and O–H groups in total. The minimum Gasteiger partial charge on any atom is -0.329 e. The van der Waals surface area contributed by atoms with Crippen LogP contribution in [-0.4, -0.2) is 31.6 Å². The van der Waals surface area contributed by atoms with Gasteiger partial charge in [0.1, 0.15) is 0 Å². The lowest BCUT2D eigenvalue weighted by Crippen LogP contribution is -2.35. The maximum absolute atomic E-state index is 5.62. The van der Waals surface area contributed by atoms with Crippen LogP contribution < -0.4 is 5.73 Å². The van der Waals surface area contributed by atoms with Crippen molar-refractivity contribution >= 4 is 0 Å². The summed E-state index contributed by atoms with van der Waals surface area (Å²) < 4.78 is 0. The molecule has 0 saturated heterocycles. The van der Waals surface area contributed by atoms with E-state index < -0.39 is 0 Å². The lowest BCUT2D eigenvalue weighted by atomic mass is 10.0. The lowest BCUT2D eigenvalue weighted by molar-refractivity contribution is 0.270. The minimum absolute atomic E-state index is 0.567. The van der Waals surface area contributed by atoms with Gasteiger partial charge in [0.15, 0.2) is 0 Å². The fourth-order valence-corrected chi connectivity index (χ4v) is 1.11. The van der Waals surface area contributed by atoms with E-state index in [9.17, 15) is 0 Å². The molecule has 0 spiro atoms. The van der Waals surface area contributed by atoms with Gasteiger partial charge in [-0.25, -0.2) is 0 Å². The number of rotatable bonds is 5. The summed E-state index contributed by atoms with van der Waals surface area (Å²) in [5.41, 5.74) is 5.62. The van der Waals surface area contributed by atoms with E-state index in [4.69, 9.17) is 5.73 Å². The summed E-state index contributed by atoms with van der Waals surface area (Å²) in [5, 5.41) is 0. The summed E-state index contributed by atoms with van der Waals surface area (Å²) in [5.74, 6) is 0.795. The molecule has 0 bridgehead atoms. The third kappa shape index (κ3) is 5.22. The van der Waals surface area contributed by atoms with Gasteiger partial charge in [0.25, 0.3) is 0 Å². The molecule has 0 aromatic carbocycles. The van der Waals surface area contributed by atoms with E-state index in [1.54, 1.807) is 0 Å². The minimum atomic E-state index is 0.567. The van der Waals surface area contributed by atoms with Crippen molar-refractivity contribution < 1.29 is 0 Å². The summed E-state index contributed by atoms with van der Waals surface area (Å²) in [6.07, 6.45) is 2.50. The molecule has 0 aliphatic carbocycles. The van der Waals surface area contributed by atoms with Crippen molar-refractivity contribution in [1.29, 1.82) is 0 Å². The Balaban J connectivity index is 3.52. The molecule has 0 radical (unpaired) electrons. The normalized spacial score (nSPS) is 14.5. The van der Waals surface area contributed by atoms with Crippen molar-refractivity contribution in [3.63, 3.8) is 0 Å². The van der Waals surface area contributed by atoms with E-state index >= 15 is 0 Å². The van der Waals surface area contributed by atoms with Crippen LogP contribution in [-0.2, 0) is 0 Å². The van der Waals surface area contributed by atoms with E-state index in [0.717, 1.165) is 12.5 Å². The Morgan fingerprint density at radius 2 is 1.73 bits per heavy atom. The largest absolute Gasteiger partial charge is 0.329 e. The highest BCUT2D eigenvalue weighted by molar-refractivity contribution is 4.67. The van der Waals surface area contributed by atoms with Gasteiger partial charge in [-0.15, -0.1) is 0 Å².